The molecule has 0 aliphatic carbocycles. The molecule has 2 aromatic carbocycles. The molecule has 0 spiro atoms. The van der Waals surface area contributed by atoms with Crippen molar-refractivity contribution in [3.05, 3.63) is 71.5 Å². The Kier molecular flexibility index (Phi) is 6.43. The Bertz CT molecular complexity index is 1080. The van der Waals surface area contributed by atoms with Gasteiger partial charge in [0.25, 0.3) is 11.8 Å². The summed E-state index contributed by atoms with van der Waals surface area (Å²) < 4.78 is 14.9. The second-order valence-electron chi connectivity index (χ2n) is 6.21. The van der Waals surface area contributed by atoms with E-state index < -0.39 is 18.5 Å². The molecular weight excluding hydrogens is 390 g/mol. The molecule has 9 heteroatoms. The monoisotopic (exact) mass is 409 g/mol. The first-order valence-corrected chi connectivity index (χ1v) is 8.90. The van der Waals surface area contributed by atoms with Crippen LogP contribution in [0.2, 0.25) is 0 Å². The number of benzene rings is 2. The van der Waals surface area contributed by atoms with Crippen molar-refractivity contribution in [3.63, 3.8) is 0 Å². The Hall–Kier alpha value is -4.14. The van der Waals surface area contributed by atoms with E-state index in [-0.39, 0.29) is 17.3 Å². The van der Waals surface area contributed by atoms with E-state index in [0.29, 0.717) is 22.8 Å². The molecule has 0 saturated heterocycles. The second-order valence-corrected chi connectivity index (χ2v) is 6.21. The Morgan fingerprint density at radius 2 is 1.77 bits per heavy atom. The van der Waals surface area contributed by atoms with E-state index in [2.05, 4.69) is 15.8 Å². The molecule has 30 heavy (non-hydrogen) atoms. The van der Waals surface area contributed by atoms with Crippen molar-refractivity contribution in [1.82, 2.24) is 5.16 Å². The smallest absolute Gasteiger partial charge is 0.338 e. The summed E-state index contributed by atoms with van der Waals surface area (Å²) >= 11 is 0. The first-order chi connectivity index (χ1) is 14.4. The highest BCUT2D eigenvalue weighted by molar-refractivity contribution is 6.05. The Morgan fingerprint density at radius 1 is 1.00 bits per heavy atom. The van der Waals surface area contributed by atoms with Crippen molar-refractivity contribution in [3.8, 4) is 5.75 Å². The average Bonchev–Trinajstić information content (AvgIpc) is 3.16. The maximum Gasteiger partial charge on any atom is 0.338 e. The van der Waals surface area contributed by atoms with Gasteiger partial charge in [-0.1, -0.05) is 17.3 Å². The van der Waals surface area contributed by atoms with Crippen molar-refractivity contribution < 1.29 is 28.4 Å². The Balaban J connectivity index is 1.58. The van der Waals surface area contributed by atoms with Gasteiger partial charge in [0.05, 0.1) is 12.7 Å². The van der Waals surface area contributed by atoms with Gasteiger partial charge in [-0.3, -0.25) is 9.59 Å². The van der Waals surface area contributed by atoms with Gasteiger partial charge in [0.2, 0.25) is 0 Å². The zero-order chi connectivity index (χ0) is 21.5. The van der Waals surface area contributed by atoms with Gasteiger partial charge in [-0.25, -0.2) is 4.79 Å². The van der Waals surface area contributed by atoms with Crippen LogP contribution >= 0.6 is 0 Å². The van der Waals surface area contributed by atoms with Crippen molar-refractivity contribution in [2.75, 3.05) is 24.4 Å². The van der Waals surface area contributed by atoms with Gasteiger partial charge in [-0.05, 0) is 43.3 Å². The largest absolute Gasteiger partial charge is 0.497 e. The predicted molar refractivity (Wildman–Crippen MR) is 108 cm³/mol. The van der Waals surface area contributed by atoms with E-state index in [1.807, 2.05) is 0 Å². The number of nitrogens with zero attached hydrogens (tertiary/aromatic N) is 1. The fourth-order valence-corrected chi connectivity index (χ4v) is 2.51. The fourth-order valence-electron chi connectivity index (χ4n) is 2.51. The van der Waals surface area contributed by atoms with Gasteiger partial charge < -0.3 is 24.6 Å². The number of nitrogens with one attached hydrogen (secondary N) is 2. The molecule has 2 amide bonds. The first kappa shape index (κ1) is 20.6. The highest BCUT2D eigenvalue weighted by atomic mass is 16.5. The number of ether oxygens (including phenoxy) is 2. The number of methoxy groups -OCH3 is 1. The molecule has 3 aromatic rings. The van der Waals surface area contributed by atoms with Crippen molar-refractivity contribution in [2.45, 2.75) is 6.92 Å². The minimum absolute atomic E-state index is 0.184. The summed E-state index contributed by atoms with van der Waals surface area (Å²) in [4.78, 5) is 36.5. The Labute approximate surface area is 172 Å². The number of aryl methyl sites for hydroxylation is 1. The number of hydrogen-bond donors (Lipinski definition) is 2. The van der Waals surface area contributed by atoms with Crippen LogP contribution in [0.3, 0.4) is 0 Å². The van der Waals surface area contributed by atoms with Crippen LogP contribution in [0.1, 0.15) is 26.5 Å². The topological polar surface area (TPSA) is 120 Å². The van der Waals surface area contributed by atoms with Crippen LogP contribution in [0, 0.1) is 6.92 Å². The summed E-state index contributed by atoms with van der Waals surface area (Å²) in [5.41, 5.74) is 0.991. The van der Waals surface area contributed by atoms with Crippen LogP contribution in [0.4, 0.5) is 11.5 Å². The molecule has 3 rings (SSSR count). The number of esters is 1. The normalized spacial score (nSPS) is 10.2. The minimum Gasteiger partial charge on any atom is -0.497 e. The lowest BCUT2D eigenvalue weighted by Crippen LogP contribution is -2.21. The lowest BCUT2D eigenvalue weighted by atomic mass is 10.1. The third kappa shape index (κ3) is 5.44. The van der Waals surface area contributed by atoms with E-state index >= 15 is 0 Å². The lowest BCUT2D eigenvalue weighted by Gasteiger charge is -2.09. The maximum atomic E-state index is 12.4. The summed E-state index contributed by atoms with van der Waals surface area (Å²) in [7, 11) is 1.51. The zero-order valence-corrected chi connectivity index (χ0v) is 16.3. The number of rotatable bonds is 7. The number of amides is 2. The van der Waals surface area contributed by atoms with E-state index in [1.165, 1.54) is 25.3 Å². The Morgan fingerprint density at radius 3 is 2.50 bits per heavy atom. The molecule has 154 valence electrons. The molecule has 0 unspecified atom stereocenters. The summed E-state index contributed by atoms with van der Waals surface area (Å²) in [6.07, 6.45) is 0. The number of carbonyl (C=O) groups is 3. The van der Waals surface area contributed by atoms with Gasteiger partial charge in [0.1, 0.15) is 11.5 Å². The van der Waals surface area contributed by atoms with E-state index in [1.54, 1.807) is 43.3 Å². The molecule has 0 saturated carbocycles. The van der Waals surface area contributed by atoms with Crippen LogP contribution in [-0.2, 0) is 9.53 Å². The fraction of sp³-hybridized carbons (Fsp3) is 0.143. The van der Waals surface area contributed by atoms with E-state index in [9.17, 15) is 14.4 Å². The first-order valence-electron chi connectivity index (χ1n) is 8.90. The van der Waals surface area contributed by atoms with Crippen LogP contribution in [0.5, 0.6) is 5.75 Å². The van der Waals surface area contributed by atoms with Crippen molar-refractivity contribution in [1.29, 1.82) is 0 Å². The third-order valence-corrected chi connectivity index (χ3v) is 3.92. The molecule has 2 N–H and O–H groups in total. The molecule has 1 heterocycles. The van der Waals surface area contributed by atoms with Gasteiger partial charge in [0.15, 0.2) is 12.4 Å². The molecule has 0 aliphatic heterocycles. The van der Waals surface area contributed by atoms with Gasteiger partial charge >= 0.3 is 5.97 Å². The van der Waals surface area contributed by atoms with Gasteiger partial charge in [-0.2, -0.15) is 0 Å². The third-order valence-electron chi connectivity index (χ3n) is 3.92. The average molecular weight is 409 g/mol. The quantitative estimate of drug-likeness (QED) is 0.576. The molecule has 1 aromatic heterocycles. The van der Waals surface area contributed by atoms with E-state index in [4.69, 9.17) is 14.0 Å². The van der Waals surface area contributed by atoms with Crippen molar-refractivity contribution >= 4 is 29.3 Å². The zero-order valence-electron chi connectivity index (χ0n) is 16.3. The van der Waals surface area contributed by atoms with Crippen LogP contribution in [-0.4, -0.2) is 36.7 Å². The van der Waals surface area contributed by atoms with Crippen LogP contribution < -0.4 is 15.4 Å². The minimum atomic E-state index is -0.709. The maximum absolute atomic E-state index is 12.4. The van der Waals surface area contributed by atoms with Gasteiger partial charge in [-0.15, -0.1) is 0 Å². The second kappa shape index (κ2) is 9.37. The van der Waals surface area contributed by atoms with E-state index in [0.717, 1.165) is 0 Å². The molecule has 0 atom stereocenters. The summed E-state index contributed by atoms with van der Waals surface area (Å²) in [6, 6.07) is 14.4. The van der Waals surface area contributed by atoms with Crippen molar-refractivity contribution in [2.24, 2.45) is 0 Å². The number of aromatic nitrogens is 1. The number of anilines is 2. The number of carbonyl (C=O) groups excluding carboxylic acids is 3. The summed E-state index contributed by atoms with van der Waals surface area (Å²) in [6.45, 7) is 1.19. The molecule has 9 nitrogen and oxygen atoms in total. The molecule has 0 bridgehead atoms. The predicted octanol–water partition coefficient (Wildman–Crippen LogP) is 3.04. The molecule has 0 fully saturated rings. The molecular formula is C21H19N3O6. The number of hydrogen-bond acceptors (Lipinski definition) is 7. The highest BCUT2D eigenvalue weighted by Crippen LogP contribution is 2.16. The molecule has 0 aliphatic rings. The van der Waals surface area contributed by atoms with Crippen LogP contribution in [0.25, 0.3) is 0 Å². The van der Waals surface area contributed by atoms with Crippen LogP contribution in [0.15, 0.2) is 59.1 Å². The summed E-state index contributed by atoms with van der Waals surface area (Å²) in [5, 5.41) is 8.77. The molecule has 0 radical (unpaired) electrons. The summed E-state index contributed by atoms with van der Waals surface area (Å²) in [5.74, 6) is -0.301. The van der Waals surface area contributed by atoms with Gasteiger partial charge in [0, 0.05) is 17.3 Å². The SMILES string of the molecule is COc1cccc(C(=O)Nc2cccc(C(=O)OCC(=O)Nc3cc(C)on3)c2)c1. The lowest BCUT2D eigenvalue weighted by molar-refractivity contribution is -0.119. The highest BCUT2D eigenvalue weighted by Gasteiger charge is 2.13. The standard InChI is InChI=1S/C21H19N3O6/c1-13-9-18(24-30-13)23-19(25)12-29-21(27)15-6-3-7-16(10-15)22-20(26)14-5-4-8-17(11-14)28-2/h3-11H,12H2,1-2H3,(H,22,26)(H,23,24,25).